The van der Waals surface area contributed by atoms with E-state index >= 15 is 0 Å². The lowest BCUT2D eigenvalue weighted by Gasteiger charge is -2.52. The lowest BCUT2D eigenvalue weighted by atomic mass is 9.58. The molecule has 8 nitrogen and oxygen atoms in total. The Hall–Kier alpha value is -4.20. The summed E-state index contributed by atoms with van der Waals surface area (Å²) in [4.78, 5) is 53.9. The summed E-state index contributed by atoms with van der Waals surface area (Å²) in [6.45, 7) is 10.5. The third-order valence-electron chi connectivity index (χ3n) is 9.96. The molecule has 44 heavy (non-hydrogen) atoms. The van der Waals surface area contributed by atoms with Crippen LogP contribution in [-0.4, -0.2) is 71.3 Å². The van der Waals surface area contributed by atoms with E-state index in [-0.39, 0.29) is 40.5 Å². The molecular formula is C36H43N3O5. The van der Waals surface area contributed by atoms with Crippen LogP contribution in [0.4, 0.5) is 0 Å². The molecule has 0 bridgehead atoms. The second kappa shape index (κ2) is 12.1. The summed E-state index contributed by atoms with van der Waals surface area (Å²) in [5.41, 5.74) is 3.53. The van der Waals surface area contributed by atoms with Gasteiger partial charge >= 0.3 is 5.97 Å². The van der Waals surface area contributed by atoms with E-state index in [1.165, 1.54) is 18.1 Å². The minimum atomic E-state index is -0.937. The van der Waals surface area contributed by atoms with E-state index in [4.69, 9.17) is 0 Å². The molecule has 1 aliphatic carbocycles. The van der Waals surface area contributed by atoms with E-state index in [9.17, 15) is 24.3 Å². The molecule has 2 heterocycles. The fourth-order valence-corrected chi connectivity index (χ4v) is 7.68. The van der Waals surface area contributed by atoms with Crippen molar-refractivity contribution in [2.24, 2.45) is 10.8 Å². The SMILES string of the molecule is CC(=O)NCCC(=O)N1CCC(C(=O)N2CC=C3C(C)(C)C(c4ccc(C(=O)O)cc4)=CC[C@]3(C)C2)(c2ccccc2)CC1. The van der Waals surface area contributed by atoms with Crippen molar-refractivity contribution in [2.45, 2.75) is 58.8 Å². The number of likely N-dealkylation sites (tertiary alicyclic amines) is 1. The van der Waals surface area contributed by atoms with Crippen LogP contribution in [0.5, 0.6) is 0 Å². The number of fused-ring (bicyclic) bond motifs is 1. The first kappa shape index (κ1) is 31.2. The maximum absolute atomic E-state index is 14.6. The molecule has 0 aromatic heterocycles. The molecule has 1 atom stereocenters. The van der Waals surface area contributed by atoms with Crippen LogP contribution in [0.25, 0.3) is 5.57 Å². The van der Waals surface area contributed by atoms with E-state index in [0.29, 0.717) is 45.6 Å². The zero-order valence-electron chi connectivity index (χ0n) is 26.2. The fraction of sp³-hybridized carbons (Fsp3) is 0.444. The maximum atomic E-state index is 14.6. The number of carboxylic acid groups (broad SMARTS) is 1. The van der Waals surface area contributed by atoms with Crippen LogP contribution >= 0.6 is 0 Å². The summed E-state index contributed by atoms with van der Waals surface area (Å²) in [7, 11) is 0. The number of benzene rings is 2. The van der Waals surface area contributed by atoms with Gasteiger partial charge in [-0.25, -0.2) is 4.79 Å². The molecule has 0 radical (unpaired) electrons. The van der Waals surface area contributed by atoms with Crippen molar-refractivity contribution in [3.8, 4) is 0 Å². The van der Waals surface area contributed by atoms with Gasteiger partial charge < -0.3 is 20.2 Å². The average Bonchev–Trinajstić information content (AvgIpc) is 3.00. The third-order valence-corrected chi connectivity index (χ3v) is 9.96. The molecule has 0 spiro atoms. The Kier molecular flexibility index (Phi) is 8.56. The number of allylic oxidation sites excluding steroid dienone is 2. The van der Waals surface area contributed by atoms with Gasteiger partial charge in [0.05, 0.1) is 11.0 Å². The van der Waals surface area contributed by atoms with Crippen molar-refractivity contribution in [1.82, 2.24) is 15.1 Å². The number of nitrogens with zero attached hydrogens (tertiary/aromatic N) is 2. The van der Waals surface area contributed by atoms with E-state index in [2.05, 4.69) is 38.2 Å². The molecule has 2 aromatic carbocycles. The van der Waals surface area contributed by atoms with E-state index < -0.39 is 11.4 Å². The Bertz CT molecular complexity index is 1500. The molecule has 1 fully saturated rings. The van der Waals surface area contributed by atoms with Crippen molar-refractivity contribution in [3.05, 3.63) is 89.0 Å². The summed E-state index contributed by atoms with van der Waals surface area (Å²) in [5.74, 6) is -0.980. The summed E-state index contributed by atoms with van der Waals surface area (Å²) >= 11 is 0. The van der Waals surface area contributed by atoms with Gasteiger partial charge in [-0.2, -0.15) is 0 Å². The number of carboxylic acids is 1. The third kappa shape index (κ3) is 5.82. The predicted octanol–water partition coefficient (Wildman–Crippen LogP) is 5.06. The van der Waals surface area contributed by atoms with Crippen molar-refractivity contribution in [3.63, 3.8) is 0 Å². The van der Waals surface area contributed by atoms with Gasteiger partial charge in [-0.05, 0) is 48.1 Å². The Labute approximate surface area is 259 Å². The summed E-state index contributed by atoms with van der Waals surface area (Å²) in [5, 5.41) is 12.0. The Balaban J connectivity index is 1.36. The summed E-state index contributed by atoms with van der Waals surface area (Å²) in [6, 6.07) is 17.1. The number of carbonyl (C=O) groups is 4. The normalized spacial score (nSPS) is 22.3. The Morgan fingerprint density at radius 2 is 1.55 bits per heavy atom. The number of carbonyl (C=O) groups excluding carboxylic acids is 3. The van der Waals surface area contributed by atoms with Crippen LogP contribution in [0.15, 0.2) is 72.3 Å². The van der Waals surface area contributed by atoms with Gasteiger partial charge in [-0.1, -0.05) is 81.0 Å². The zero-order chi connectivity index (χ0) is 31.7. The minimum absolute atomic E-state index is 0.00412. The van der Waals surface area contributed by atoms with Crippen molar-refractivity contribution >= 4 is 29.3 Å². The number of hydrogen-bond donors (Lipinski definition) is 2. The maximum Gasteiger partial charge on any atom is 0.335 e. The summed E-state index contributed by atoms with van der Waals surface area (Å²) < 4.78 is 0. The van der Waals surface area contributed by atoms with Gasteiger partial charge in [-0.15, -0.1) is 0 Å². The number of piperidine rings is 1. The second-order valence-electron chi connectivity index (χ2n) is 13.3. The molecular weight excluding hydrogens is 554 g/mol. The van der Waals surface area contributed by atoms with Crippen molar-refractivity contribution < 1.29 is 24.3 Å². The van der Waals surface area contributed by atoms with Gasteiger partial charge in [-0.3, -0.25) is 14.4 Å². The first-order valence-corrected chi connectivity index (χ1v) is 15.5. The highest BCUT2D eigenvalue weighted by molar-refractivity contribution is 5.90. The lowest BCUT2D eigenvalue weighted by Crippen LogP contribution is -2.57. The number of nitrogens with one attached hydrogen (secondary N) is 1. The standard InChI is InChI=1S/C36H43N3O5/c1-25(40)37-20-15-31(41)38-22-18-36(19-23-38,28-8-6-5-7-9-28)33(44)39-21-16-30-34(2,3)29(14-17-35(30,4)24-39)26-10-12-27(13-11-26)32(42)43/h5-14,16H,15,17-24H2,1-4H3,(H,37,40)(H,42,43)/t35-/m1/s1. The first-order chi connectivity index (χ1) is 20.9. The highest BCUT2D eigenvalue weighted by Gasteiger charge is 2.50. The van der Waals surface area contributed by atoms with E-state index in [1.807, 2.05) is 52.3 Å². The molecule has 3 amide bonds. The molecule has 8 heteroatoms. The van der Waals surface area contributed by atoms with Crippen molar-refractivity contribution in [1.29, 1.82) is 0 Å². The van der Waals surface area contributed by atoms with E-state index in [1.54, 1.807) is 12.1 Å². The van der Waals surface area contributed by atoms with Gasteiger partial charge in [0.1, 0.15) is 0 Å². The monoisotopic (exact) mass is 597 g/mol. The number of rotatable bonds is 7. The van der Waals surface area contributed by atoms with Crippen LogP contribution in [0.3, 0.4) is 0 Å². The first-order valence-electron chi connectivity index (χ1n) is 15.5. The zero-order valence-corrected chi connectivity index (χ0v) is 26.2. The number of hydrogen-bond acceptors (Lipinski definition) is 4. The van der Waals surface area contributed by atoms with Gasteiger partial charge in [0.25, 0.3) is 0 Å². The number of amides is 3. The second-order valence-corrected chi connectivity index (χ2v) is 13.3. The van der Waals surface area contributed by atoms with Crippen LogP contribution < -0.4 is 5.32 Å². The molecule has 3 aliphatic rings. The molecule has 2 aliphatic heterocycles. The van der Waals surface area contributed by atoms with Gasteiger partial charge in [0.2, 0.25) is 17.7 Å². The molecule has 5 rings (SSSR count). The Morgan fingerprint density at radius 3 is 2.16 bits per heavy atom. The fourth-order valence-electron chi connectivity index (χ4n) is 7.68. The average molecular weight is 598 g/mol. The molecule has 2 N–H and O–H groups in total. The highest BCUT2D eigenvalue weighted by atomic mass is 16.4. The number of aromatic carboxylic acids is 1. The van der Waals surface area contributed by atoms with Gasteiger partial charge in [0, 0.05) is 56.9 Å². The smallest absolute Gasteiger partial charge is 0.335 e. The molecule has 1 saturated heterocycles. The quantitative estimate of drug-likeness (QED) is 0.434. The minimum Gasteiger partial charge on any atom is -0.478 e. The van der Waals surface area contributed by atoms with E-state index in [0.717, 1.165) is 17.5 Å². The van der Waals surface area contributed by atoms with Crippen LogP contribution in [0.1, 0.15) is 74.9 Å². The van der Waals surface area contributed by atoms with Crippen LogP contribution in [-0.2, 0) is 19.8 Å². The van der Waals surface area contributed by atoms with Crippen LogP contribution in [0, 0.1) is 10.8 Å². The molecule has 2 aromatic rings. The van der Waals surface area contributed by atoms with Crippen LogP contribution in [0.2, 0.25) is 0 Å². The molecule has 0 unspecified atom stereocenters. The molecule has 0 saturated carbocycles. The van der Waals surface area contributed by atoms with Crippen molar-refractivity contribution in [2.75, 3.05) is 32.7 Å². The highest BCUT2D eigenvalue weighted by Crippen LogP contribution is 2.55. The topological polar surface area (TPSA) is 107 Å². The Morgan fingerprint density at radius 1 is 0.886 bits per heavy atom. The summed E-state index contributed by atoms with van der Waals surface area (Å²) in [6.07, 6.45) is 6.62. The molecule has 232 valence electrons. The van der Waals surface area contributed by atoms with Gasteiger partial charge in [0.15, 0.2) is 0 Å². The predicted molar refractivity (Wildman–Crippen MR) is 170 cm³/mol. The lowest BCUT2D eigenvalue weighted by molar-refractivity contribution is -0.144. The largest absolute Gasteiger partial charge is 0.478 e.